The number of rotatable bonds is 4. The molecule has 128 valence electrons. The molecule has 0 saturated heterocycles. The van der Waals surface area contributed by atoms with E-state index in [9.17, 15) is 0 Å². The van der Waals surface area contributed by atoms with Crippen molar-refractivity contribution < 1.29 is 5.41 Å². The lowest BCUT2D eigenvalue weighted by atomic mass is 10.0. The van der Waals surface area contributed by atoms with E-state index in [4.69, 9.17) is 16.9 Å². The smallest absolute Gasteiger partial charge is 0.221 e. The van der Waals surface area contributed by atoms with Gasteiger partial charge in [-0.1, -0.05) is 30.0 Å². The zero-order chi connectivity index (χ0) is 18.4. The summed E-state index contributed by atoms with van der Waals surface area (Å²) in [5, 5.41) is 8.91. The lowest BCUT2D eigenvalue weighted by molar-refractivity contribution is -0.104. The molecule has 0 amide bonds. The molecule has 0 aliphatic heterocycles. The van der Waals surface area contributed by atoms with E-state index in [0.717, 1.165) is 22.3 Å². The predicted molar refractivity (Wildman–Crippen MR) is 104 cm³/mol. The highest BCUT2D eigenvalue weighted by Gasteiger charge is 2.07. The monoisotopic (exact) mass is 343 g/mol. The second-order valence-corrected chi connectivity index (χ2v) is 5.58. The van der Waals surface area contributed by atoms with Gasteiger partial charge < -0.3 is 16.8 Å². The molecule has 3 aromatic rings. The van der Waals surface area contributed by atoms with Crippen LogP contribution in [0.4, 0.5) is 17.5 Å². The van der Waals surface area contributed by atoms with Gasteiger partial charge in [-0.15, -0.1) is 0 Å². The van der Waals surface area contributed by atoms with Gasteiger partial charge in [0.1, 0.15) is 5.82 Å². The Morgan fingerprint density at radius 1 is 1.08 bits per heavy atom. The van der Waals surface area contributed by atoms with E-state index < -0.39 is 0 Å². The maximum absolute atomic E-state index is 6.18. The predicted octanol–water partition coefficient (Wildman–Crippen LogP) is 0.831. The summed E-state index contributed by atoms with van der Waals surface area (Å²) in [6.07, 6.45) is 3.08. The van der Waals surface area contributed by atoms with Crippen molar-refractivity contribution >= 4 is 23.7 Å². The molecule has 3 rings (SSSR count). The van der Waals surface area contributed by atoms with Gasteiger partial charge in [0.05, 0.1) is 11.3 Å². The number of nitrogens with one attached hydrogen (secondary N) is 1. The van der Waals surface area contributed by atoms with Gasteiger partial charge >= 0.3 is 0 Å². The standard InChI is InChI=1S/C20H18N6/c21-12-17-11-15(13-25-18-8-9-24-20(23)26-18)10-16(19(17)22)7-6-14-4-2-1-3-5-14/h1-5,8-12,21H,13,22H2,(H3,23,24,25,26)/p+1. The van der Waals surface area contributed by atoms with Gasteiger partial charge in [-0.05, 0) is 35.9 Å². The molecule has 1 aromatic heterocycles. The molecule has 0 aliphatic carbocycles. The molecule has 0 unspecified atom stereocenters. The Labute approximate surface area is 151 Å². The van der Waals surface area contributed by atoms with Crippen LogP contribution in [0.25, 0.3) is 0 Å². The number of benzene rings is 2. The van der Waals surface area contributed by atoms with Gasteiger partial charge in [-0.3, -0.25) is 5.41 Å². The summed E-state index contributed by atoms with van der Waals surface area (Å²) in [5.74, 6) is 7.11. The average molecular weight is 343 g/mol. The van der Waals surface area contributed by atoms with Crippen LogP contribution in [0.3, 0.4) is 0 Å². The van der Waals surface area contributed by atoms with Crippen LogP contribution in [0.15, 0.2) is 54.7 Å². The third-order valence-corrected chi connectivity index (χ3v) is 3.71. The first-order valence-electron chi connectivity index (χ1n) is 8.02. The van der Waals surface area contributed by atoms with E-state index in [1.165, 1.54) is 6.21 Å². The van der Waals surface area contributed by atoms with Crippen molar-refractivity contribution in [2.24, 2.45) is 0 Å². The normalized spacial score (nSPS) is 9.85. The van der Waals surface area contributed by atoms with E-state index >= 15 is 0 Å². The zero-order valence-corrected chi connectivity index (χ0v) is 14.1. The molecule has 1 heterocycles. The fourth-order valence-electron chi connectivity index (χ4n) is 2.41. The molecular weight excluding hydrogens is 324 g/mol. The van der Waals surface area contributed by atoms with Crippen LogP contribution in [0, 0.1) is 11.8 Å². The molecule has 0 saturated carbocycles. The number of hydrogen-bond acceptors (Lipinski definition) is 5. The second-order valence-electron chi connectivity index (χ2n) is 5.58. The molecule has 0 aliphatic rings. The van der Waals surface area contributed by atoms with Crippen molar-refractivity contribution in [3.8, 4) is 11.8 Å². The van der Waals surface area contributed by atoms with E-state index in [1.807, 2.05) is 42.5 Å². The minimum absolute atomic E-state index is 0.220. The number of nitrogens with two attached hydrogens (primary N) is 3. The Kier molecular flexibility index (Phi) is 5.11. The van der Waals surface area contributed by atoms with E-state index in [1.54, 1.807) is 12.3 Å². The third kappa shape index (κ3) is 4.16. The molecule has 6 nitrogen and oxygen atoms in total. The van der Waals surface area contributed by atoms with Crippen molar-refractivity contribution in [1.29, 1.82) is 0 Å². The molecule has 7 N–H and O–H groups in total. The SMILES string of the molecule is Nc1nccc(NCc2cc(C#Cc3ccccc3)c(N)c(C=[NH2+])c2)n1. The maximum atomic E-state index is 6.18. The summed E-state index contributed by atoms with van der Waals surface area (Å²) in [4.78, 5) is 7.99. The highest BCUT2D eigenvalue weighted by atomic mass is 15.1. The first kappa shape index (κ1) is 17.0. The molecule has 6 heteroatoms. The van der Waals surface area contributed by atoms with Gasteiger partial charge in [0, 0.05) is 23.9 Å². The Morgan fingerprint density at radius 2 is 1.88 bits per heavy atom. The number of aromatic nitrogens is 2. The minimum atomic E-state index is 0.220. The Hall–Kier alpha value is -3.85. The quantitative estimate of drug-likeness (QED) is 0.318. The third-order valence-electron chi connectivity index (χ3n) is 3.71. The van der Waals surface area contributed by atoms with Crippen molar-refractivity contribution in [1.82, 2.24) is 9.97 Å². The van der Waals surface area contributed by atoms with Crippen molar-refractivity contribution in [2.45, 2.75) is 6.54 Å². The average Bonchev–Trinajstić information content (AvgIpc) is 2.67. The highest BCUT2D eigenvalue weighted by molar-refractivity contribution is 5.86. The van der Waals surface area contributed by atoms with E-state index in [2.05, 4.69) is 27.1 Å². The molecule has 0 radical (unpaired) electrons. The lowest BCUT2D eigenvalue weighted by Crippen LogP contribution is -2.30. The Balaban J connectivity index is 1.87. The minimum Gasteiger partial charge on any atom is -0.397 e. The summed E-state index contributed by atoms with van der Waals surface area (Å²) in [6, 6.07) is 15.3. The topological polar surface area (TPSA) is 115 Å². The summed E-state index contributed by atoms with van der Waals surface area (Å²) >= 11 is 0. The zero-order valence-electron chi connectivity index (χ0n) is 14.1. The molecule has 0 spiro atoms. The summed E-state index contributed by atoms with van der Waals surface area (Å²) in [5.41, 5.74) is 15.7. The van der Waals surface area contributed by atoms with Gasteiger partial charge in [0.25, 0.3) is 0 Å². The van der Waals surface area contributed by atoms with Gasteiger partial charge in [0.2, 0.25) is 5.95 Å². The largest absolute Gasteiger partial charge is 0.397 e. The van der Waals surface area contributed by atoms with Crippen molar-refractivity contribution in [3.05, 3.63) is 77.0 Å². The molecule has 0 fully saturated rings. The first-order chi connectivity index (χ1) is 12.7. The number of hydrogen-bond donors (Lipinski definition) is 4. The van der Waals surface area contributed by atoms with Gasteiger partial charge in [-0.25, -0.2) is 4.98 Å². The van der Waals surface area contributed by atoms with Gasteiger partial charge in [0.15, 0.2) is 6.21 Å². The molecule has 0 atom stereocenters. The maximum Gasteiger partial charge on any atom is 0.221 e. The van der Waals surface area contributed by atoms with Crippen LogP contribution < -0.4 is 22.2 Å². The Bertz CT molecular complexity index is 986. The first-order valence-corrected chi connectivity index (χ1v) is 8.02. The van der Waals surface area contributed by atoms with Crippen LogP contribution in [-0.2, 0) is 6.54 Å². The van der Waals surface area contributed by atoms with Crippen molar-refractivity contribution in [3.63, 3.8) is 0 Å². The van der Waals surface area contributed by atoms with Crippen LogP contribution in [0.5, 0.6) is 0 Å². The van der Waals surface area contributed by atoms with Crippen LogP contribution in [0.2, 0.25) is 0 Å². The summed E-state index contributed by atoms with van der Waals surface area (Å²) < 4.78 is 0. The highest BCUT2D eigenvalue weighted by Crippen LogP contribution is 2.19. The number of nitrogens with zero attached hydrogens (tertiary/aromatic N) is 2. The summed E-state index contributed by atoms with van der Waals surface area (Å²) in [6.45, 7) is 0.525. The number of anilines is 3. The van der Waals surface area contributed by atoms with Crippen LogP contribution in [-0.4, -0.2) is 16.2 Å². The van der Waals surface area contributed by atoms with Gasteiger partial charge in [-0.2, -0.15) is 4.98 Å². The molecule has 26 heavy (non-hydrogen) atoms. The fourth-order valence-corrected chi connectivity index (χ4v) is 2.41. The number of nitrogen functional groups attached to an aromatic ring is 2. The second kappa shape index (κ2) is 7.81. The Morgan fingerprint density at radius 3 is 2.62 bits per heavy atom. The molecule has 2 aromatic carbocycles. The van der Waals surface area contributed by atoms with Crippen LogP contribution in [0.1, 0.15) is 22.3 Å². The molecule has 0 bridgehead atoms. The lowest BCUT2D eigenvalue weighted by Gasteiger charge is -2.09. The van der Waals surface area contributed by atoms with E-state index in [-0.39, 0.29) is 5.95 Å². The van der Waals surface area contributed by atoms with Crippen LogP contribution >= 0.6 is 0 Å². The van der Waals surface area contributed by atoms with E-state index in [0.29, 0.717) is 18.1 Å². The fraction of sp³-hybridized carbons (Fsp3) is 0.0500. The van der Waals surface area contributed by atoms with Crippen molar-refractivity contribution in [2.75, 3.05) is 16.8 Å². The molecular formula is C20H19N6+. The summed E-state index contributed by atoms with van der Waals surface area (Å²) in [7, 11) is 0.